The fraction of sp³-hybridized carbons (Fsp3) is 0.529. The largest absolute Gasteiger partial charge is 0.490 e. The molecule has 0 saturated carbocycles. The molecule has 0 unspecified atom stereocenters. The van der Waals surface area contributed by atoms with Crippen molar-refractivity contribution in [3.63, 3.8) is 0 Å². The third-order valence-corrected chi connectivity index (χ3v) is 3.70. The van der Waals surface area contributed by atoms with Gasteiger partial charge in [-0.2, -0.15) is 48.3 Å². The van der Waals surface area contributed by atoms with Gasteiger partial charge >= 0.3 is 23.9 Å². The number of hydrogen-bond donors (Lipinski definition) is 0. The van der Waals surface area contributed by atoms with E-state index in [2.05, 4.69) is 11.3 Å². The zero-order valence-corrected chi connectivity index (χ0v) is 14.9. The zero-order valence-electron chi connectivity index (χ0n) is 14.9. The Balaban J connectivity index is 2.83. The molecular weight excluding hydrogens is 445 g/mol. The van der Waals surface area contributed by atoms with Gasteiger partial charge in [-0.1, -0.05) is 6.08 Å². The SMILES string of the molecule is C=CCCCOc1ccc(OCCC(F)(F)C(F)(F)C(F)(F)C(F)(F)F)c(F)c1F. The maximum atomic E-state index is 13.8. The van der Waals surface area contributed by atoms with Crippen molar-refractivity contribution in [2.45, 2.75) is 43.2 Å². The lowest BCUT2D eigenvalue weighted by Gasteiger charge is -2.33. The predicted molar refractivity (Wildman–Crippen MR) is 82.3 cm³/mol. The Morgan fingerprint density at radius 1 is 0.767 bits per heavy atom. The third-order valence-electron chi connectivity index (χ3n) is 3.70. The molecule has 0 aliphatic carbocycles. The minimum absolute atomic E-state index is 0.0305. The first-order valence-corrected chi connectivity index (χ1v) is 8.15. The molecule has 13 heteroatoms. The smallest absolute Gasteiger partial charge is 0.460 e. The molecule has 0 bridgehead atoms. The van der Waals surface area contributed by atoms with Gasteiger partial charge in [-0.05, 0) is 25.0 Å². The lowest BCUT2D eigenvalue weighted by molar-refractivity contribution is -0.397. The van der Waals surface area contributed by atoms with Crippen molar-refractivity contribution >= 4 is 0 Å². The molecule has 0 saturated heterocycles. The second-order valence-electron chi connectivity index (χ2n) is 5.92. The van der Waals surface area contributed by atoms with Crippen molar-refractivity contribution in [2.24, 2.45) is 0 Å². The molecule has 1 aromatic carbocycles. The summed E-state index contributed by atoms with van der Waals surface area (Å²) in [4.78, 5) is 0. The van der Waals surface area contributed by atoms with Crippen LogP contribution in [0.4, 0.5) is 48.3 Å². The Bertz CT molecular complexity index is 729. The van der Waals surface area contributed by atoms with Gasteiger partial charge in [0.25, 0.3) is 0 Å². The van der Waals surface area contributed by atoms with Crippen LogP contribution in [0.3, 0.4) is 0 Å². The monoisotopic (exact) mass is 460 g/mol. The fourth-order valence-electron chi connectivity index (χ4n) is 2.00. The molecule has 0 amide bonds. The van der Waals surface area contributed by atoms with Gasteiger partial charge in [0.1, 0.15) is 0 Å². The van der Waals surface area contributed by atoms with Crippen molar-refractivity contribution in [2.75, 3.05) is 13.2 Å². The number of benzene rings is 1. The van der Waals surface area contributed by atoms with Crippen molar-refractivity contribution in [1.82, 2.24) is 0 Å². The second-order valence-corrected chi connectivity index (χ2v) is 5.92. The molecule has 0 aromatic heterocycles. The minimum Gasteiger partial charge on any atom is -0.490 e. The van der Waals surface area contributed by atoms with E-state index >= 15 is 0 Å². The zero-order chi connectivity index (χ0) is 23.4. The van der Waals surface area contributed by atoms with Crippen LogP contribution in [0, 0.1) is 11.6 Å². The molecule has 0 radical (unpaired) electrons. The van der Waals surface area contributed by atoms with E-state index in [4.69, 9.17) is 4.74 Å². The van der Waals surface area contributed by atoms with Crippen LogP contribution < -0.4 is 9.47 Å². The van der Waals surface area contributed by atoms with Crippen LogP contribution in [0.5, 0.6) is 11.5 Å². The Morgan fingerprint density at radius 3 is 1.67 bits per heavy atom. The van der Waals surface area contributed by atoms with Gasteiger partial charge in [0.2, 0.25) is 11.6 Å². The summed E-state index contributed by atoms with van der Waals surface area (Å²) in [5.74, 6) is -24.7. The van der Waals surface area contributed by atoms with Crippen molar-refractivity contribution < 1.29 is 57.8 Å². The van der Waals surface area contributed by atoms with Gasteiger partial charge in [-0.3, -0.25) is 0 Å². The highest BCUT2D eigenvalue weighted by atomic mass is 19.4. The van der Waals surface area contributed by atoms with Crippen LogP contribution in [-0.2, 0) is 0 Å². The highest BCUT2D eigenvalue weighted by Gasteiger charge is 2.81. The number of alkyl halides is 9. The van der Waals surface area contributed by atoms with Gasteiger partial charge in [-0.25, -0.2) is 0 Å². The third kappa shape index (κ3) is 5.28. The van der Waals surface area contributed by atoms with Crippen molar-refractivity contribution in [1.29, 1.82) is 0 Å². The Hall–Kier alpha value is -2.21. The molecule has 172 valence electrons. The number of hydrogen-bond acceptors (Lipinski definition) is 2. The molecule has 0 aliphatic heterocycles. The van der Waals surface area contributed by atoms with Crippen molar-refractivity contribution in [3.05, 3.63) is 36.4 Å². The lowest BCUT2D eigenvalue weighted by atomic mass is 10.0. The van der Waals surface area contributed by atoms with Gasteiger partial charge in [0, 0.05) is 0 Å². The number of unbranched alkanes of at least 4 members (excludes halogenated alkanes) is 1. The van der Waals surface area contributed by atoms with Gasteiger partial charge in [0.15, 0.2) is 11.5 Å². The van der Waals surface area contributed by atoms with E-state index < -0.39 is 60.1 Å². The highest BCUT2D eigenvalue weighted by Crippen LogP contribution is 2.54. The van der Waals surface area contributed by atoms with E-state index in [1.807, 2.05) is 0 Å². The fourth-order valence-corrected chi connectivity index (χ4v) is 2.00. The van der Waals surface area contributed by atoms with Crippen LogP contribution >= 0.6 is 0 Å². The molecule has 30 heavy (non-hydrogen) atoms. The minimum atomic E-state index is -7.04. The molecule has 0 heterocycles. The van der Waals surface area contributed by atoms with Crippen molar-refractivity contribution in [3.8, 4) is 11.5 Å². The second kappa shape index (κ2) is 9.29. The van der Waals surface area contributed by atoms with Crippen LogP contribution in [0.15, 0.2) is 24.8 Å². The van der Waals surface area contributed by atoms with Crippen LogP contribution in [0.2, 0.25) is 0 Å². The highest BCUT2D eigenvalue weighted by molar-refractivity contribution is 5.35. The molecule has 1 rings (SSSR count). The lowest BCUT2D eigenvalue weighted by Crippen LogP contribution is -2.61. The van der Waals surface area contributed by atoms with Gasteiger partial charge < -0.3 is 9.47 Å². The molecule has 2 nitrogen and oxygen atoms in total. The Labute approximate surface area is 163 Å². The average Bonchev–Trinajstić information content (AvgIpc) is 2.62. The van der Waals surface area contributed by atoms with E-state index in [-0.39, 0.29) is 6.61 Å². The molecular formula is C17H15F11O2. The van der Waals surface area contributed by atoms with E-state index in [0.717, 1.165) is 6.07 Å². The normalized spacial score (nSPS) is 13.3. The molecule has 0 N–H and O–H groups in total. The topological polar surface area (TPSA) is 18.5 Å². The maximum absolute atomic E-state index is 13.8. The Morgan fingerprint density at radius 2 is 1.23 bits per heavy atom. The molecule has 0 fully saturated rings. The van der Waals surface area contributed by atoms with Gasteiger partial charge in [-0.15, -0.1) is 6.58 Å². The van der Waals surface area contributed by atoms with E-state index in [1.54, 1.807) is 6.08 Å². The number of halogens is 11. The molecule has 0 atom stereocenters. The first-order chi connectivity index (χ1) is 13.6. The molecule has 0 aliphatic rings. The Kier molecular flexibility index (Phi) is 8.00. The van der Waals surface area contributed by atoms with E-state index in [0.29, 0.717) is 18.9 Å². The average molecular weight is 460 g/mol. The summed E-state index contributed by atoms with van der Waals surface area (Å²) in [6.07, 6.45) is -6.82. The summed E-state index contributed by atoms with van der Waals surface area (Å²) in [6, 6.07) is 1.51. The molecule has 0 spiro atoms. The van der Waals surface area contributed by atoms with E-state index in [9.17, 15) is 48.3 Å². The number of ether oxygens (including phenoxy) is 2. The standard InChI is InChI=1S/C17H15F11O2/c1-2-3-4-8-29-10-5-6-11(13(19)12(10)18)30-9-7-14(20,21)15(22,23)16(24,25)17(26,27)28/h2,5-6H,1,3-4,7-9H2. The summed E-state index contributed by atoms with van der Waals surface area (Å²) in [5.41, 5.74) is 0. The predicted octanol–water partition coefficient (Wildman–Crippen LogP) is 6.55. The summed E-state index contributed by atoms with van der Waals surface area (Å²) in [7, 11) is 0. The summed E-state index contributed by atoms with van der Waals surface area (Å²) < 4.78 is 151. The quantitative estimate of drug-likeness (QED) is 0.212. The van der Waals surface area contributed by atoms with E-state index in [1.165, 1.54) is 0 Å². The number of allylic oxidation sites excluding steroid dienone is 1. The maximum Gasteiger partial charge on any atom is 0.460 e. The summed E-state index contributed by atoms with van der Waals surface area (Å²) in [5, 5.41) is 0. The number of rotatable bonds is 11. The van der Waals surface area contributed by atoms with Gasteiger partial charge in [0.05, 0.1) is 19.6 Å². The van der Waals surface area contributed by atoms with Crippen LogP contribution in [0.25, 0.3) is 0 Å². The van der Waals surface area contributed by atoms with Crippen LogP contribution in [0.1, 0.15) is 19.3 Å². The molecule has 1 aromatic rings. The first-order valence-electron chi connectivity index (χ1n) is 8.15. The first kappa shape index (κ1) is 25.8. The van der Waals surface area contributed by atoms with Crippen LogP contribution in [-0.4, -0.2) is 37.2 Å². The summed E-state index contributed by atoms with van der Waals surface area (Å²) >= 11 is 0. The summed E-state index contributed by atoms with van der Waals surface area (Å²) in [6.45, 7) is 1.78.